The van der Waals surface area contributed by atoms with E-state index >= 15 is 0 Å². The topological polar surface area (TPSA) is 12.0 Å². The SMILES string of the molecule is C[C@H](NCC(F)(F)C(F)F)c1cccc(F)c1. The summed E-state index contributed by atoms with van der Waals surface area (Å²) in [4.78, 5) is 0. The van der Waals surface area contributed by atoms with Crippen LogP contribution in [0.2, 0.25) is 0 Å². The number of hydrogen-bond acceptors (Lipinski definition) is 1. The van der Waals surface area contributed by atoms with Crippen LogP contribution in [0.3, 0.4) is 0 Å². The summed E-state index contributed by atoms with van der Waals surface area (Å²) in [6, 6.07) is 4.70. The third-order valence-electron chi connectivity index (χ3n) is 2.31. The van der Waals surface area contributed by atoms with E-state index in [1.807, 2.05) is 0 Å². The Kier molecular flexibility index (Phi) is 4.45. The first-order valence-corrected chi connectivity index (χ1v) is 4.98. The zero-order valence-electron chi connectivity index (χ0n) is 9.06. The van der Waals surface area contributed by atoms with Crippen molar-refractivity contribution in [2.75, 3.05) is 6.54 Å². The molecule has 1 N–H and O–H groups in total. The highest BCUT2D eigenvalue weighted by Gasteiger charge is 2.40. The zero-order chi connectivity index (χ0) is 13.1. The van der Waals surface area contributed by atoms with Crippen LogP contribution >= 0.6 is 0 Å². The molecule has 6 heteroatoms. The van der Waals surface area contributed by atoms with Crippen molar-refractivity contribution in [3.05, 3.63) is 35.6 Å². The van der Waals surface area contributed by atoms with Crippen molar-refractivity contribution in [1.29, 1.82) is 0 Å². The van der Waals surface area contributed by atoms with Gasteiger partial charge in [-0.3, -0.25) is 0 Å². The van der Waals surface area contributed by atoms with E-state index in [0.717, 1.165) is 6.07 Å². The third kappa shape index (κ3) is 3.96. The molecule has 96 valence electrons. The number of hydrogen-bond donors (Lipinski definition) is 1. The van der Waals surface area contributed by atoms with Gasteiger partial charge < -0.3 is 5.32 Å². The van der Waals surface area contributed by atoms with Crippen LogP contribution in [0.25, 0.3) is 0 Å². The van der Waals surface area contributed by atoms with Gasteiger partial charge >= 0.3 is 12.3 Å². The molecule has 1 rings (SSSR count). The first kappa shape index (κ1) is 13.9. The second-order valence-electron chi connectivity index (χ2n) is 3.72. The molecule has 0 aliphatic heterocycles. The summed E-state index contributed by atoms with van der Waals surface area (Å²) in [7, 11) is 0. The number of nitrogens with one attached hydrogen (secondary N) is 1. The smallest absolute Gasteiger partial charge is 0.304 e. The largest absolute Gasteiger partial charge is 0.319 e. The van der Waals surface area contributed by atoms with Crippen molar-refractivity contribution in [3.63, 3.8) is 0 Å². The van der Waals surface area contributed by atoms with Gasteiger partial charge in [-0.15, -0.1) is 0 Å². The Morgan fingerprint density at radius 1 is 1.29 bits per heavy atom. The molecule has 1 atom stereocenters. The molecule has 0 aromatic heterocycles. The molecule has 0 radical (unpaired) electrons. The molecule has 0 saturated heterocycles. The van der Waals surface area contributed by atoms with Gasteiger partial charge in [-0.05, 0) is 24.6 Å². The van der Waals surface area contributed by atoms with E-state index in [-0.39, 0.29) is 0 Å². The Hall–Kier alpha value is -1.17. The van der Waals surface area contributed by atoms with Gasteiger partial charge in [-0.25, -0.2) is 13.2 Å². The summed E-state index contributed by atoms with van der Waals surface area (Å²) in [5.74, 6) is -4.58. The molecular weight excluding hydrogens is 241 g/mol. The van der Waals surface area contributed by atoms with Crippen molar-refractivity contribution in [1.82, 2.24) is 5.32 Å². The van der Waals surface area contributed by atoms with Crippen molar-refractivity contribution in [3.8, 4) is 0 Å². The van der Waals surface area contributed by atoms with Gasteiger partial charge in [0.15, 0.2) is 0 Å². The lowest BCUT2D eigenvalue weighted by molar-refractivity contribution is -0.126. The van der Waals surface area contributed by atoms with Crippen molar-refractivity contribution in [2.45, 2.75) is 25.3 Å². The minimum atomic E-state index is -4.08. The van der Waals surface area contributed by atoms with Crippen LogP contribution in [0.4, 0.5) is 22.0 Å². The van der Waals surface area contributed by atoms with E-state index in [4.69, 9.17) is 0 Å². The van der Waals surface area contributed by atoms with E-state index in [1.54, 1.807) is 0 Å². The molecule has 0 bridgehead atoms. The fourth-order valence-corrected chi connectivity index (χ4v) is 1.26. The lowest BCUT2D eigenvalue weighted by atomic mass is 10.1. The van der Waals surface area contributed by atoms with Crippen molar-refractivity contribution >= 4 is 0 Å². The van der Waals surface area contributed by atoms with E-state index in [2.05, 4.69) is 5.32 Å². The second kappa shape index (κ2) is 5.44. The van der Waals surface area contributed by atoms with Crippen LogP contribution in [0.1, 0.15) is 18.5 Å². The molecule has 0 unspecified atom stereocenters. The van der Waals surface area contributed by atoms with Crippen molar-refractivity contribution < 1.29 is 22.0 Å². The summed E-state index contributed by atoms with van der Waals surface area (Å²) >= 11 is 0. The van der Waals surface area contributed by atoms with Gasteiger partial charge in [0.1, 0.15) is 5.82 Å². The van der Waals surface area contributed by atoms with Crippen LogP contribution in [0.5, 0.6) is 0 Å². The Labute approximate surface area is 95.6 Å². The number of rotatable bonds is 5. The van der Waals surface area contributed by atoms with Crippen LogP contribution in [-0.4, -0.2) is 18.9 Å². The molecule has 0 fully saturated rings. The number of benzene rings is 1. The minimum absolute atomic E-state index is 0.426. The average molecular weight is 253 g/mol. The van der Waals surface area contributed by atoms with Gasteiger partial charge in [0.05, 0.1) is 6.54 Å². The predicted octanol–water partition coefficient (Wildman–Crippen LogP) is 3.38. The molecule has 0 heterocycles. The van der Waals surface area contributed by atoms with Gasteiger partial charge in [0.25, 0.3) is 0 Å². The Morgan fingerprint density at radius 2 is 1.94 bits per heavy atom. The number of alkyl halides is 4. The second-order valence-corrected chi connectivity index (χ2v) is 3.72. The average Bonchev–Trinajstić information content (AvgIpc) is 2.25. The third-order valence-corrected chi connectivity index (χ3v) is 2.31. The normalized spacial score (nSPS) is 14.1. The van der Waals surface area contributed by atoms with Gasteiger partial charge in [0.2, 0.25) is 0 Å². The maximum Gasteiger partial charge on any atom is 0.319 e. The molecule has 0 aliphatic carbocycles. The summed E-state index contributed by atoms with van der Waals surface area (Å²) < 4.78 is 61.8. The molecule has 0 aliphatic rings. The standard InChI is InChI=1S/C11H12F5N/c1-7(8-3-2-4-9(12)5-8)17-6-11(15,16)10(13)14/h2-5,7,10,17H,6H2,1H3/t7-/m0/s1. The van der Waals surface area contributed by atoms with Crippen LogP contribution in [0, 0.1) is 5.82 Å². The van der Waals surface area contributed by atoms with Gasteiger partial charge in [-0.2, -0.15) is 8.78 Å². The maximum atomic E-state index is 12.8. The monoisotopic (exact) mass is 253 g/mol. The predicted molar refractivity (Wildman–Crippen MR) is 53.8 cm³/mol. The van der Waals surface area contributed by atoms with E-state index in [1.165, 1.54) is 25.1 Å². The number of halogens is 5. The van der Waals surface area contributed by atoms with Gasteiger partial charge in [0, 0.05) is 6.04 Å². The highest BCUT2D eigenvalue weighted by atomic mass is 19.3. The lowest BCUT2D eigenvalue weighted by Gasteiger charge is -2.20. The molecule has 1 aromatic rings. The molecule has 0 amide bonds. The Bertz CT molecular complexity index is 367. The first-order chi connectivity index (χ1) is 7.83. The van der Waals surface area contributed by atoms with Crippen LogP contribution in [-0.2, 0) is 0 Å². The molecule has 1 nitrogen and oxygen atoms in total. The van der Waals surface area contributed by atoms with Crippen LogP contribution < -0.4 is 5.32 Å². The Balaban J connectivity index is 2.59. The molecule has 0 spiro atoms. The van der Waals surface area contributed by atoms with Crippen molar-refractivity contribution in [2.24, 2.45) is 0 Å². The fourth-order valence-electron chi connectivity index (χ4n) is 1.26. The summed E-state index contributed by atoms with van der Waals surface area (Å²) in [5.41, 5.74) is 0.426. The summed E-state index contributed by atoms with van der Waals surface area (Å²) in [6.45, 7) is 0.346. The summed E-state index contributed by atoms with van der Waals surface area (Å²) in [6.07, 6.45) is -3.71. The first-order valence-electron chi connectivity index (χ1n) is 4.98. The molecule has 0 saturated carbocycles. The lowest BCUT2D eigenvalue weighted by Crippen LogP contribution is -2.39. The van der Waals surface area contributed by atoms with Gasteiger partial charge in [-0.1, -0.05) is 12.1 Å². The highest BCUT2D eigenvalue weighted by molar-refractivity contribution is 5.19. The molecular formula is C11H12F5N. The van der Waals surface area contributed by atoms with Crippen LogP contribution in [0.15, 0.2) is 24.3 Å². The quantitative estimate of drug-likeness (QED) is 0.793. The summed E-state index contributed by atoms with van der Waals surface area (Å²) in [5, 5.41) is 2.25. The highest BCUT2D eigenvalue weighted by Crippen LogP contribution is 2.23. The molecule has 17 heavy (non-hydrogen) atoms. The Morgan fingerprint density at radius 3 is 2.47 bits per heavy atom. The maximum absolute atomic E-state index is 12.8. The van der Waals surface area contributed by atoms with E-state index < -0.39 is 30.8 Å². The van der Waals surface area contributed by atoms with E-state index in [9.17, 15) is 22.0 Å². The minimum Gasteiger partial charge on any atom is -0.304 e. The van der Waals surface area contributed by atoms with E-state index in [0.29, 0.717) is 5.56 Å². The fraction of sp³-hybridized carbons (Fsp3) is 0.455. The molecule has 1 aromatic carbocycles. The zero-order valence-corrected chi connectivity index (χ0v) is 9.06.